The highest BCUT2D eigenvalue weighted by atomic mass is 19.4. The van der Waals surface area contributed by atoms with Crippen molar-refractivity contribution in [1.82, 2.24) is 4.90 Å². The molecule has 0 aliphatic carbocycles. The fraction of sp³-hybridized carbons (Fsp3) is 0.875. The highest BCUT2D eigenvalue weighted by Crippen LogP contribution is 2.23. The van der Waals surface area contributed by atoms with E-state index in [0.717, 1.165) is 0 Å². The molecule has 1 fully saturated rings. The van der Waals surface area contributed by atoms with Gasteiger partial charge in [0.25, 0.3) is 0 Å². The number of halogens is 3. The monoisotopic (exact) mass is 226 g/mol. The van der Waals surface area contributed by atoms with Crippen molar-refractivity contribution in [2.45, 2.75) is 18.6 Å². The van der Waals surface area contributed by atoms with Gasteiger partial charge in [0, 0.05) is 31.7 Å². The molecule has 88 valence electrons. The van der Waals surface area contributed by atoms with Crippen LogP contribution < -0.4 is 5.73 Å². The lowest BCUT2D eigenvalue weighted by Gasteiger charge is -2.35. The predicted octanol–water partition coefficient (Wildman–Crippen LogP) is -0.283. The second-order valence-corrected chi connectivity index (χ2v) is 3.75. The van der Waals surface area contributed by atoms with Gasteiger partial charge in [-0.2, -0.15) is 13.2 Å². The molecule has 7 heteroatoms. The number of alkyl halides is 3. The first kappa shape index (κ1) is 12.3. The smallest absolute Gasteiger partial charge is 0.396 e. The summed E-state index contributed by atoms with van der Waals surface area (Å²) in [5.41, 5.74) is 5.50. The molecule has 1 aliphatic heterocycles. The summed E-state index contributed by atoms with van der Waals surface area (Å²) in [7, 11) is 0. The number of rotatable bonds is 1. The van der Waals surface area contributed by atoms with Crippen LogP contribution in [0.25, 0.3) is 0 Å². The predicted molar refractivity (Wildman–Crippen MR) is 45.8 cm³/mol. The number of nitrogens with two attached hydrogens (primary N) is 1. The summed E-state index contributed by atoms with van der Waals surface area (Å²) < 4.78 is 36.3. The molecule has 0 unspecified atom stereocenters. The van der Waals surface area contributed by atoms with Crippen molar-refractivity contribution in [3.63, 3.8) is 0 Å². The maximum Gasteiger partial charge on any atom is 0.471 e. The van der Waals surface area contributed by atoms with E-state index in [0.29, 0.717) is 11.3 Å². The maximum absolute atomic E-state index is 12.1. The van der Waals surface area contributed by atoms with Crippen LogP contribution in [0.1, 0.15) is 6.42 Å². The molecular weight excluding hydrogens is 213 g/mol. The molecule has 1 amide bonds. The van der Waals surface area contributed by atoms with Gasteiger partial charge >= 0.3 is 12.1 Å². The molecule has 0 spiro atoms. The summed E-state index contributed by atoms with van der Waals surface area (Å²) >= 11 is 0. The summed E-state index contributed by atoms with van der Waals surface area (Å²) in [5.74, 6) is -2.24. The lowest BCUT2D eigenvalue weighted by atomic mass is 9.95. The van der Waals surface area contributed by atoms with E-state index in [4.69, 9.17) is 10.8 Å². The van der Waals surface area contributed by atoms with Gasteiger partial charge in [0.1, 0.15) is 0 Å². The van der Waals surface area contributed by atoms with Gasteiger partial charge in [-0.15, -0.1) is 0 Å². The molecule has 4 nitrogen and oxygen atoms in total. The third-order valence-electron chi connectivity index (χ3n) is 2.36. The largest absolute Gasteiger partial charge is 0.471 e. The second-order valence-electron chi connectivity index (χ2n) is 3.75. The number of hydrogen-bond donors (Lipinski definition) is 2. The van der Waals surface area contributed by atoms with Crippen molar-refractivity contribution >= 4 is 5.91 Å². The van der Waals surface area contributed by atoms with Crippen LogP contribution in [-0.4, -0.2) is 47.8 Å². The van der Waals surface area contributed by atoms with E-state index < -0.39 is 18.1 Å². The topological polar surface area (TPSA) is 66.6 Å². The number of carbonyl (C=O) groups is 1. The van der Waals surface area contributed by atoms with Crippen molar-refractivity contribution in [2.75, 3.05) is 19.7 Å². The molecule has 0 saturated carbocycles. The maximum atomic E-state index is 12.1. The molecule has 1 rings (SSSR count). The standard InChI is InChI=1S/C8H13F3N2O2/c9-8(10,11)7(15)13-2-5(4-14)1-6(12)3-13/h5-6,14H,1-4,12H2/t5-,6-/m0/s1. The van der Waals surface area contributed by atoms with E-state index in [1.54, 1.807) is 0 Å². The van der Waals surface area contributed by atoms with Gasteiger partial charge in [-0.1, -0.05) is 0 Å². The fourth-order valence-electron chi connectivity index (χ4n) is 1.72. The molecule has 3 N–H and O–H groups in total. The van der Waals surface area contributed by atoms with Gasteiger partial charge < -0.3 is 15.7 Å². The minimum absolute atomic E-state index is 0.0808. The van der Waals surface area contributed by atoms with E-state index in [-0.39, 0.29) is 25.6 Å². The van der Waals surface area contributed by atoms with E-state index in [2.05, 4.69) is 0 Å². The zero-order valence-electron chi connectivity index (χ0n) is 8.00. The Morgan fingerprint density at radius 2 is 2.07 bits per heavy atom. The van der Waals surface area contributed by atoms with Crippen LogP contribution in [0.5, 0.6) is 0 Å². The molecular formula is C8H13F3N2O2. The molecule has 0 aromatic heterocycles. The summed E-state index contributed by atoms with van der Waals surface area (Å²) in [4.78, 5) is 11.6. The molecule has 0 bridgehead atoms. The van der Waals surface area contributed by atoms with Crippen LogP contribution >= 0.6 is 0 Å². The minimum atomic E-state index is -4.86. The summed E-state index contributed by atoms with van der Waals surface area (Å²) in [6.45, 7) is -0.438. The van der Waals surface area contributed by atoms with Crippen molar-refractivity contribution in [3.8, 4) is 0 Å². The zero-order valence-corrected chi connectivity index (χ0v) is 8.00. The molecule has 2 atom stereocenters. The van der Waals surface area contributed by atoms with Crippen LogP contribution in [0.2, 0.25) is 0 Å². The minimum Gasteiger partial charge on any atom is -0.396 e. The highest BCUT2D eigenvalue weighted by Gasteiger charge is 2.44. The first-order valence-corrected chi connectivity index (χ1v) is 4.57. The normalized spacial score (nSPS) is 27.9. The third kappa shape index (κ3) is 3.07. The number of likely N-dealkylation sites (tertiary alicyclic amines) is 1. The van der Waals surface area contributed by atoms with Crippen LogP contribution in [0.4, 0.5) is 13.2 Å². The van der Waals surface area contributed by atoms with Gasteiger partial charge in [-0.25, -0.2) is 0 Å². The van der Waals surface area contributed by atoms with E-state index in [1.165, 1.54) is 0 Å². The Kier molecular flexibility index (Phi) is 3.56. The number of aliphatic hydroxyl groups excluding tert-OH is 1. The number of aliphatic hydroxyl groups is 1. The Morgan fingerprint density at radius 1 is 1.47 bits per heavy atom. The lowest BCUT2D eigenvalue weighted by Crippen LogP contribution is -2.53. The van der Waals surface area contributed by atoms with Crippen LogP contribution in [-0.2, 0) is 4.79 Å². The lowest BCUT2D eigenvalue weighted by molar-refractivity contribution is -0.187. The van der Waals surface area contributed by atoms with E-state index >= 15 is 0 Å². The van der Waals surface area contributed by atoms with Gasteiger partial charge in [-0.3, -0.25) is 4.79 Å². The van der Waals surface area contributed by atoms with Gasteiger partial charge in [0.15, 0.2) is 0 Å². The van der Waals surface area contributed by atoms with Gasteiger partial charge in [-0.05, 0) is 6.42 Å². The van der Waals surface area contributed by atoms with Gasteiger partial charge in [0.05, 0.1) is 0 Å². The second kappa shape index (κ2) is 4.36. The Labute approximate surface area is 84.8 Å². The molecule has 1 heterocycles. The van der Waals surface area contributed by atoms with Gasteiger partial charge in [0.2, 0.25) is 0 Å². The third-order valence-corrected chi connectivity index (χ3v) is 2.36. The molecule has 0 radical (unpaired) electrons. The first-order valence-electron chi connectivity index (χ1n) is 4.57. The molecule has 0 aromatic rings. The van der Waals surface area contributed by atoms with Crippen LogP contribution in [0.15, 0.2) is 0 Å². The Balaban J connectivity index is 2.66. The Hall–Kier alpha value is -0.820. The summed E-state index contributed by atoms with van der Waals surface area (Å²) in [5, 5.41) is 8.84. The molecule has 1 aliphatic rings. The number of piperidine rings is 1. The van der Waals surface area contributed by atoms with Crippen molar-refractivity contribution in [3.05, 3.63) is 0 Å². The SMILES string of the molecule is N[C@H]1C[C@H](CO)CN(C(=O)C(F)(F)F)C1. The van der Waals surface area contributed by atoms with E-state index in [1.807, 2.05) is 0 Å². The Morgan fingerprint density at radius 3 is 2.53 bits per heavy atom. The average Bonchev–Trinajstić information content (AvgIpc) is 2.14. The average molecular weight is 226 g/mol. The molecule has 15 heavy (non-hydrogen) atoms. The summed E-state index contributed by atoms with van der Waals surface area (Å²) in [6, 6.07) is -0.498. The van der Waals surface area contributed by atoms with E-state index in [9.17, 15) is 18.0 Å². The highest BCUT2D eigenvalue weighted by molar-refractivity contribution is 5.82. The molecule has 0 aromatic carbocycles. The summed E-state index contributed by atoms with van der Waals surface area (Å²) in [6.07, 6.45) is -4.42. The number of carbonyl (C=O) groups excluding carboxylic acids is 1. The quantitative estimate of drug-likeness (QED) is 0.646. The first-order chi connectivity index (χ1) is 6.84. The van der Waals surface area contributed by atoms with Crippen molar-refractivity contribution in [1.29, 1.82) is 0 Å². The number of amides is 1. The van der Waals surface area contributed by atoms with Crippen molar-refractivity contribution < 1.29 is 23.1 Å². The zero-order chi connectivity index (χ0) is 11.6. The van der Waals surface area contributed by atoms with Crippen LogP contribution in [0, 0.1) is 5.92 Å². The number of nitrogens with zero attached hydrogens (tertiary/aromatic N) is 1. The molecule has 1 saturated heterocycles. The van der Waals surface area contributed by atoms with Crippen molar-refractivity contribution in [2.24, 2.45) is 11.7 Å². The number of hydrogen-bond acceptors (Lipinski definition) is 3. The van der Waals surface area contributed by atoms with Crippen LogP contribution in [0.3, 0.4) is 0 Å². The Bertz CT molecular complexity index is 245. The fourth-order valence-corrected chi connectivity index (χ4v) is 1.72.